The van der Waals surface area contributed by atoms with E-state index < -0.39 is 0 Å². The van der Waals surface area contributed by atoms with Crippen LogP contribution in [-0.2, 0) is 0 Å². The molecule has 1 heterocycles. The first kappa shape index (κ1) is 23.8. The van der Waals surface area contributed by atoms with Gasteiger partial charge in [-0.1, -0.05) is 20.8 Å². The van der Waals surface area contributed by atoms with Gasteiger partial charge in [-0.05, 0) is 46.0 Å². The van der Waals surface area contributed by atoms with Gasteiger partial charge in [-0.15, -0.1) is 24.8 Å². The molecule has 0 spiro atoms. The first-order valence-electron chi connectivity index (χ1n) is 7.94. The Bertz CT molecular complexity index is 518. The molecule has 0 unspecified atom stereocenters. The lowest BCUT2D eigenvalue weighted by atomic mass is 9.81. The molecule has 1 aromatic carbocycles. The van der Waals surface area contributed by atoms with Gasteiger partial charge in [-0.25, -0.2) is 0 Å². The standard InChI is InChI=1S/C17H27BrN2O2.2ClH/c1-5-22-14-11-12(10-13(18)15(14)21)16(17(2,3)4)20-8-6-19-7-9-20;;/h10-11,16,19,21H,5-9H2,1-4H3;2*1H/t16-;;/m0../s1. The van der Waals surface area contributed by atoms with Gasteiger partial charge in [-0.2, -0.15) is 0 Å². The Hall–Kier alpha value is -0.200. The van der Waals surface area contributed by atoms with E-state index in [1.54, 1.807) is 0 Å². The van der Waals surface area contributed by atoms with E-state index >= 15 is 0 Å². The number of nitrogens with zero attached hydrogens (tertiary/aromatic N) is 1. The fourth-order valence-electron chi connectivity index (χ4n) is 3.22. The molecular weight excluding hydrogens is 415 g/mol. The van der Waals surface area contributed by atoms with Crippen molar-refractivity contribution in [2.24, 2.45) is 5.41 Å². The van der Waals surface area contributed by atoms with Crippen LogP contribution in [0.3, 0.4) is 0 Å². The Morgan fingerprint density at radius 3 is 2.33 bits per heavy atom. The van der Waals surface area contributed by atoms with Gasteiger partial charge >= 0.3 is 0 Å². The van der Waals surface area contributed by atoms with E-state index in [2.05, 4.69) is 46.9 Å². The number of rotatable bonds is 4. The van der Waals surface area contributed by atoms with Gasteiger partial charge in [-0.3, -0.25) is 4.90 Å². The van der Waals surface area contributed by atoms with Crippen molar-refractivity contribution in [3.8, 4) is 11.5 Å². The number of piperazine rings is 1. The zero-order valence-corrected chi connectivity index (χ0v) is 18.0. The second-order valence-electron chi connectivity index (χ2n) is 6.84. The highest BCUT2D eigenvalue weighted by molar-refractivity contribution is 9.10. The quantitative estimate of drug-likeness (QED) is 0.724. The predicted octanol–water partition coefficient (Wildman–Crippen LogP) is 4.39. The molecule has 7 heteroatoms. The van der Waals surface area contributed by atoms with E-state index in [1.165, 1.54) is 5.56 Å². The van der Waals surface area contributed by atoms with Gasteiger partial charge in [0.15, 0.2) is 11.5 Å². The molecule has 1 saturated heterocycles. The van der Waals surface area contributed by atoms with Crippen LogP contribution >= 0.6 is 40.7 Å². The van der Waals surface area contributed by atoms with Crippen LogP contribution in [0.4, 0.5) is 0 Å². The van der Waals surface area contributed by atoms with Gasteiger partial charge in [0.25, 0.3) is 0 Å². The summed E-state index contributed by atoms with van der Waals surface area (Å²) in [5, 5.41) is 13.6. The summed E-state index contributed by atoms with van der Waals surface area (Å²) in [5.41, 5.74) is 1.28. The molecule has 2 rings (SSSR count). The summed E-state index contributed by atoms with van der Waals surface area (Å²) >= 11 is 3.47. The highest BCUT2D eigenvalue weighted by Crippen LogP contribution is 2.43. The maximum atomic E-state index is 10.2. The van der Waals surface area contributed by atoms with Crippen molar-refractivity contribution in [1.29, 1.82) is 0 Å². The number of phenolic OH excluding ortho intramolecular Hbond substituents is 1. The molecule has 0 aromatic heterocycles. The lowest BCUT2D eigenvalue weighted by Crippen LogP contribution is -2.48. The van der Waals surface area contributed by atoms with Crippen molar-refractivity contribution in [2.45, 2.75) is 33.7 Å². The molecule has 1 aliphatic rings. The molecule has 0 saturated carbocycles. The van der Waals surface area contributed by atoms with Crippen LogP contribution in [0.2, 0.25) is 0 Å². The number of ether oxygens (including phenoxy) is 1. The lowest BCUT2D eigenvalue weighted by molar-refractivity contribution is 0.0859. The van der Waals surface area contributed by atoms with Crippen LogP contribution in [-0.4, -0.2) is 42.8 Å². The van der Waals surface area contributed by atoms with Gasteiger partial charge in [0.2, 0.25) is 0 Å². The van der Waals surface area contributed by atoms with Crippen molar-refractivity contribution in [3.63, 3.8) is 0 Å². The molecular formula is C17H29BrCl2N2O2. The van der Waals surface area contributed by atoms with E-state index in [1.807, 2.05) is 19.1 Å². The molecule has 0 aliphatic carbocycles. The molecule has 1 aromatic rings. The molecule has 0 radical (unpaired) electrons. The van der Waals surface area contributed by atoms with Gasteiger partial charge < -0.3 is 15.2 Å². The molecule has 24 heavy (non-hydrogen) atoms. The molecule has 1 aliphatic heterocycles. The average Bonchev–Trinajstić information content (AvgIpc) is 2.44. The van der Waals surface area contributed by atoms with Gasteiger partial charge in [0, 0.05) is 32.2 Å². The summed E-state index contributed by atoms with van der Waals surface area (Å²) in [6.45, 7) is 13.4. The Morgan fingerprint density at radius 2 is 1.83 bits per heavy atom. The van der Waals surface area contributed by atoms with Gasteiger partial charge in [0.05, 0.1) is 11.1 Å². The summed E-state index contributed by atoms with van der Waals surface area (Å²) in [5.74, 6) is 0.731. The van der Waals surface area contributed by atoms with Crippen LogP contribution in [0.5, 0.6) is 11.5 Å². The van der Waals surface area contributed by atoms with E-state index in [-0.39, 0.29) is 42.0 Å². The topological polar surface area (TPSA) is 44.7 Å². The molecule has 0 bridgehead atoms. The van der Waals surface area contributed by atoms with Crippen molar-refractivity contribution >= 4 is 40.7 Å². The van der Waals surface area contributed by atoms with Crippen molar-refractivity contribution in [2.75, 3.05) is 32.8 Å². The maximum absolute atomic E-state index is 10.2. The average molecular weight is 444 g/mol. The SMILES string of the molecule is CCOc1cc([C@H](N2CCNCC2)C(C)(C)C)cc(Br)c1O.Cl.Cl. The van der Waals surface area contributed by atoms with Crippen LogP contribution in [0, 0.1) is 5.41 Å². The molecule has 1 fully saturated rings. The first-order chi connectivity index (χ1) is 10.3. The highest BCUT2D eigenvalue weighted by Gasteiger charge is 2.33. The molecule has 0 amide bonds. The molecule has 4 nitrogen and oxygen atoms in total. The minimum absolute atomic E-state index is 0. The zero-order valence-electron chi connectivity index (χ0n) is 14.8. The summed E-state index contributed by atoms with van der Waals surface area (Å²) in [4.78, 5) is 2.52. The van der Waals surface area contributed by atoms with Crippen molar-refractivity contribution in [3.05, 3.63) is 22.2 Å². The van der Waals surface area contributed by atoms with Crippen LogP contribution < -0.4 is 10.1 Å². The smallest absolute Gasteiger partial charge is 0.172 e. The molecule has 140 valence electrons. The third kappa shape index (κ3) is 5.67. The second kappa shape index (κ2) is 10.1. The monoisotopic (exact) mass is 442 g/mol. The Balaban J connectivity index is 0.00000264. The lowest BCUT2D eigenvalue weighted by Gasteiger charge is -2.42. The van der Waals surface area contributed by atoms with E-state index in [9.17, 15) is 5.11 Å². The minimum atomic E-state index is 0. The van der Waals surface area contributed by atoms with Crippen LogP contribution in [0.1, 0.15) is 39.3 Å². The summed E-state index contributed by atoms with van der Waals surface area (Å²) in [7, 11) is 0. The minimum Gasteiger partial charge on any atom is -0.503 e. The summed E-state index contributed by atoms with van der Waals surface area (Å²) in [6, 6.07) is 4.29. The number of hydrogen-bond donors (Lipinski definition) is 2. The molecule has 1 atom stereocenters. The predicted molar refractivity (Wildman–Crippen MR) is 108 cm³/mol. The van der Waals surface area contributed by atoms with Gasteiger partial charge in [0.1, 0.15) is 0 Å². The second-order valence-corrected chi connectivity index (χ2v) is 7.69. The Kier molecular flexibility index (Phi) is 9.99. The fourth-order valence-corrected chi connectivity index (χ4v) is 3.68. The Labute approximate surface area is 166 Å². The normalized spacial score (nSPS) is 16.7. The number of phenols is 1. The van der Waals surface area contributed by atoms with E-state index in [4.69, 9.17) is 4.74 Å². The van der Waals surface area contributed by atoms with E-state index in [0.29, 0.717) is 16.8 Å². The highest BCUT2D eigenvalue weighted by atomic mass is 79.9. The largest absolute Gasteiger partial charge is 0.503 e. The fraction of sp³-hybridized carbons (Fsp3) is 0.647. The summed E-state index contributed by atoms with van der Waals surface area (Å²) in [6.07, 6.45) is 0. The number of nitrogens with one attached hydrogen (secondary N) is 1. The van der Waals surface area contributed by atoms with Crippen molar-refractivity contribution < 1.29 is 9.84 Å². The van der Waals surface area contributed by atoms with Crippen LogP contribution in [0.15, 0.2) is 16.6 Å². The van der Waals surface area contributed by atoms with Crippen LogP contribution in [0.25, 0.3) is 0 Å². The molecule has 2 N–H and O–H groups in total. The number of halogens is 3. The third-order valence-electron chi connectivity index (χ3n) is 4.00. The number of hydrogen-bond acceptors (Lipinski definition) is 4. The number of benzene rings is 1. The zero-order chi connectivity index (χ0) is 16.3. The van der Waals surface area contributed by atoms with E-state index in [0.717, 1.165) is 26.2 Å². The third-order valence-corrected chi connectivity index (χ3v) is 4.61. The van der Waals surface area contributed by atoms with Crippen molar-refractivity contribution in [1.82, 2.24) is 10.2 Å². The summed E-state index contributed by atoms with van der Waals surface area (Å²) < 4.78 is 6.29. The maximum Gasteiger partial charge on any atom is 0.172 e. The first-order valence-corrected chi connectivity index (χ1v) is 8.74. The number of aromatic hydroxyl groups is 1. The Morgan fingerprint density at radius 1 is 1.25 bits per heavy atom.